The first-order valence-corrected chi connectivity index (χ1v) is 5.89. The monoisotopic (exact) mass is 285 g/mol. The van der Waals surface area contributed by atoms with Crippen molar-refractivity contribution in [2.75, 3.05) is 11.9 Å². The Balaban J connectivity index is 2.92. The van der Waals surface area contributed by atoms with Gasteiger partial charge in [0.05, 0.1) is 16.8 Å². The van der Waals surface area contributed by atoms with Gasteiger partial charge in [-0.05, 0) is 30.7 Å². The van der Waals surface area contributed by atoms with Gasteiger partial charge in [0, 0.05) is 6.42 Å². The second-order valence-electron chi connectivity index (χ2n) is 4.46. The van der Waals surface area contributed by atoms with Gasteiger partial charge in [-0.3, -0.25) is 4.79 Å². The van der Waals surface area contributed by atoms with E-state index in [2.05, 4.69) is 5.32 Å². The third-order valence-corrected chi connectivity index (χ3v) is 2.68. The Bertz CT molecular complexity index is 535. The van der Waals surface area contributed by atoms with Crippen LogP contribution >= 0.6 is 0 Å². The molecule has 0 aliphatic heterocycles. The first kappa shape index (κ1) is 16.0. The summed E-state index contributed by atoms with van der Waals surface area (Å²) in [7, 11) is 0. The third-order valence-electron chi connectivity index (χ3n) is 2.68. The molecule has 1 aromatic rings. The number of carbonyl (C=O) groups excluding carboxylic acids is 1. The number of nitrogens with zero attached hydrogens (tertiary/aromatic N) is 1. The SMILES string of the molecule is CC(CN)CC(=O)Nc1ccc(C(F)(F)F)cc1C#N. The number of rotatable bonds is 4. The van der Waals surface area contributed by atoms with E-state index in [9.17, 15) is 18.0 Å². The van der Waals surface area contributed by atoms with Crippen LogP contribution in [0.2, 0.25) is 0 Å². The van der Waals surface area contributed by atoms with E-state index >= 15 is 0 Å². The minimum atomic E-state index is -4.53. The molecule has 0 saturated carbocycles. The molecule has 1 unspecified atom stereocenters. The fourth-order valence-electron chi connectivity index (χ4n) is 1.52. The number of alkyl halides is 3. The number of nitriles is 1. The molecular formula is C13H14F3N3O. The van der Waals surface area contributed by atoms with Gasteiger partial charge in [0.2, 0.25) is 5.91 Å². The number of carbonyl (C=O) groups is 1. The second-order valence-corrected chi connectivity index (χ2v) is 4.46. The number of hydrogen-bond donors (Lipinski definition) is 2. The summed E-state index contributed by atoms with van der Waals surface area (Å²) in [6.07, 6.45) is -4.38. The van der Waals surface area contributed by atoms with Crippen LogP contribution in [0.3, 0.4) is 0 Å². The average molecular weight is 285 g/mol. The van der Waals surface area contributed by atoms with Crippen LogP contribution in [0.5, 0.6) is 0 Å². The molecule has 1 amide bonds. The third kappa shape index (κ3) is 4.24. The van der Waals surface area contributed by atoms with E-state index in [0.717, 1.165) is 12.1 Å². The zero-order valence-electron chi connectivity index (χ0n) is 10.8. The number of benzene rings is 1. The van der Waals surface area contributed by atoms with Gasteiger partial charge in [-0.15, -0.1) is 0 Å². The fourth-order valence-corrected chi connectivity index (χ4v) is 1.52. The molecule has 0 saturated heterocycles. The van der Waals surface area contributed by atoms with Gasteiger partial charge in [-0.1, -0.05) is 6.92 Å². The number of nitrogens with one attached hydrogen (secondary N) is 1. The quantitative estimate of drug-likeness (QED) is 0.892. The zero-order chi connectivity index (χ0) is 15.3. The molecule has 0 aromatic heterocycles. The normalized spacial score (nSPS) is 12.6. The molecule has 0 heterocycles. The van der Waals surface area contributed by atoms with Gasteiger partial charge in [0.1, 0.15) is 6.07 Å². The number of amides is 1. The van der Waals surface area contributed by atoms with E-state index in [1.807, 2.05) is 0 Å². The van der Waals surface area contributed by atoms with Crippen molar-refractivity contribution in [3.63, 3.8) is 0 Å². The zero-order valence-corrected chi connectivity index (χ0v) is 10.8. The van der Waals surface area contributed by atoms with Gasteiger partial charge in [0.15, 0.2) is 0 Å². The summed E-state index contributed by atoms with van der Waals surface area (Å²) < 4.78 is 37.5. The summed E-state index contributed by atoms with van der Waals surface area (Å²) in [5.41, 5.74) is 4.29. The highest BCUT2D eigenvalue weighted by Crippen LogP contribution is 2.31. The van der Waals surface area contributed by atoms with Crippen LogP contribution in [0.25, 0.3) is 0 Å². The first-order valence-electron chi connectivity index (χ1n) is 5.89. The minimum Gasteiger partial charge on any atom is -0.330 e. The Morgan fingerprint density at radius 1 is 1.50 bits per heavy atom. The molecule has 0 aliphatic carbocycles. The molecule has 1 atom stereocenters. The standard InChI is InChI=1S/C13H14F3N3O/c1-8(6-17)4-12(20)19-11-3-2-10(13(14,15)16)5-9(11)7-18/h2-3,5,8H,4,6,17H2,1H3,(H,19,20). The van der Waals surface area contributed by atoms with Crippen LogP contribution < -0.4 is 11.1 Å². The molecule has 4 nitrogen and oxygen atoms in total. The molecule has 0 radical (unpaired) electrons. The molecule has 3 N–H and O–H groups in total. The maximum absolute atomic E-state index is 12.5. The fraction of sp³-hybridized carbons (Fsp3) is 0.385. The Morgan fingerprint density at radius 3 is 2.65 bits per heavy atom. The van der Waals surface area contributed by atoms with Crippen LogP contribution in [-0.2, 0) is 11.0 Å². The van der Waals surface area contributed by atoms with E-state index in [4.69, 9.17) is 11.0 Å². The van der Waals surface area contributed by atoms with E-state index in [-0.39, 0.29) is 29.5 Å². The highest BCUT2D eigenvalue weighted by molar-refractivity contribution is 5.92. The van der Waals surface area contributed by atoms with E-state index in [1.54, 1.807) is 13.0 Å². The van der Waals surface area contributed by atoms with Crippen molar-refractivity contribution in [1.29, 1.82) is 5.26 Å². The number of hydrogen-bond acceptors (Lipinski definition) is 3. The van der Waals surface area contributed by atoms with E-state index in [0.29, 0.717) is 12.6 Å². The van der Waals surface area contributed by atoms with Gasteiger partial charge in [-0.2, -0.15) is 18.4 Å². The van der Waals surface area contributed by atoms with Crippen LogP contribution in [0.4, 0.5) is 18.9 Å². The van der Waals surface area contributed by atoms with Crippen molar-refractivity contribution in [2.45, 2.75) is 19.5 Å². The number of nitrogens with two attached hydrogens (primary N) is 1. The predicted molar refractivity (Wildman–Crippen MR) is 67.6 cm³/mol. The van der Waals surface area contributed by atoms with Gasteiger partial charge < -0.3 is 11.1 Å². The lowest BCUT2D eigenvalue weighted by atomic mass is 10.1. The highest BCUT2D eigenvalue weighted by Gasteiger charge is 2.31. The lowest BCUT2D eigenvalue weighted by molar-refractivity contribution is -0.137. The topological polar surface area (TPSA) is 78.9 Å². The van der Waals surface area contributed by atoms with Crippen LogP contribution in [0, 0.1) is 17.2 Å². The smallest absolute Gasteiger partial charge is 0.330 e. The van der Waals surface area contributed by atoms with Gasteiger partial charge in [0.25, 0.3) is 0 Å². The first-order chi connectivity index (χ1) is 9.27. The van der Waals surface area contributed by atoms with Gasteiger partial charge >= 0.3 is 6.18 Å². The maximum Gasteiger partial charge on any atom is 0.416 e. The maximum atomic E-state index is 12.5. The lowest BCUT2D eigenvalue weighted by Crippen LogP contribution is -2.20. The summed E-state index contributed by atoms with van der Waals surface area (Å²) in [5, 5.41) is 11.3. The molecule has 1 aromatic carbocycles. The number of anilines is 1. The Morgan fingerprint density at radius 2 is 2.15 bits per heavy atom. The molecule has 1 rings (SSSR count). The Labute approximate surface area is 114 Å². The summed E-state index contributed by atoms with van der Waals surface area (Å²) in [6, 6.07) is 4.25. The van der Waals surface area contributed by atoms with Crippen LogP contribution in [0.15, 0.2) is 18.2 Å². The van der Waals surface area contributed by atoms with Crippen molar-refractivity contribution in [3.8, 4) is 6.07 Å². The predicted octanol–water partition coefficient (Wildman–Crippen LogP) is 2.50. The Kier molecular flexibility index (Phi) is 5.11. The molecular weight excluding hydrogens is 271 g/mol. The second kappa shape index (κ2) is 6.39. The summed E-state index contributed by atoms with van der Waals surface area (Å²) in [4.78, 5) is 11.6. The lowest BCUT2D eigenvalue weighted by Gasteiger charge is -2.12. The van der Waals surface area contributed by atoms with Crippen LogP contribution in [-0.4, -0.2) is 12.5 Å². The van der Waals surface area contributed by atoms with Crippen molar-refractivity contribution in [2.24, 2.45) is 11.7 Å². The molecule has 0 bridgehead atoms. The number of halogens is 3. The molecule has 0 spiro atoms. The largest absolute Gasteiger partial charge is 0.416 e. The summed E-state index contributed by atoms with van der Waals surface area (Å²) >= 11 is 0. The minimum absolute atomic E-state index is 0.0463. The Hall–Kier alpha value is -2.07. The van der Waals surface area contributed by atoms with Crippen molar-refractivity contribution < 1.29 is 18.0 Å². The van der Waals surface area contributed by atoms with Crippen molar-refractivity contribution >= 4 is 11.6 Å². The average Bonchev–Trinajstić information content (AvgIpc) is 2.37. The highest BCUT2D eigenvalue weighted by atomic mass is 19.4. The molecule has 0 fully saturated rings. The van der Waals surface area contributed by atoms with Gasteiger partial charge in [-0.25, -0.2) is 0 Å². The van der Waals surface area contributed by atoms with E-state index in [1.165, 1.54) is 0 Å². The molecule has 20 heavy (non-hydrogen) atoms. The molecule has 108 valence electrons. The van der Waals surface area contributed by atoms with Crippen molar-refractivity contribution in [3.05, 3.63) is 29.3 Å². The van der Waals surface area contributed by atoms with Crippen molar-refractivity contribution in [1.82, 2.24) is 0 Å². The van der Waals surface area contributed by atoms with E-state index < -0.39 is 11.7 Å². The summed E-state index contributed by atoms with van der Waals surface area (Å²) in [5.74, 6) is -0.436. The van der Waals surface area contributed by atoms with Crippen LogP contribution in [0.1, 0.15) is 24.5 Å². The molecule has 7 heteroatoms. The summed E-state index contributed by atoms with van der Waals surface area (Å²) in [6.45, 7) is 2.10. The molecule has 0 aliphatic rings.